The van der Waals surface area contributed by atoms with Gasteiger partial charge in [0.2, 0.25) is 0 Å². The smallest absolute Gasteiger partial charge is 0.277 e. The number of hydroxylamine groups is 2. The van der Waals surface area contributed by atoms with Crippen molar-refractivity contribution in [1.29, 1.82) is 0 Å². The Hall–Kier alpha value is -1.26. The molecule has 0 heterocycles. The van der Waals surface area contributed by atoms with E-state index in [4.69, 9.17) is 22.5 Å². The second kappa shape index (κ2) is 4.30. The van der Waals surface area contributed by atoms with Gasteiger partial charge in [-0.3, -0.25) is 10.0 Å². The molecule has 0 aromatic heterocycles. The summed E-state index contributed by atoms with van der Waals surface area (Å²) in [6.07, 6.45) is 0. The predicted octanol–water partition coefficient (Wildman–Crippen LogP) is 1.77. The van der Waals surface area contributed by atoms with Crippen molar-refractivity contribution in [3.05, 3.63) is 28.8 Å². The monoisotopic (exact) mass is 214 g/mol. The molecule has 14 heavy (non-hydrogen) atoms. The van der Waals surface area contributed by atoms with E-state index in [1.165, 1.54) is 18.2 Å². The number of hydrogen-bond acceptors (Lipinski definition) is 3. The van der Waals surface area contributed by atoms with Crippen LogP contribution in [0.25, 0.3) is 0 Å². The fourth-order valence-corrected chi connectivity index (χ4v) is 1.09. The van der Waals surface area contributed by atoms with E-state index in [0.29, 0.717) is 21.3 Å². The van der Waals surface area contributed by atoms with Crippen LogP contribution < -0.4 is 5.73 Å². The number of carbonyl (C=O) groups excluding carboxylic acids is 1. The highest BCUT2D eigenvalue weighted by atomic mass is 35.5. The summed E-state index contributed by atoms with van der Waals surface area (Å²) in [7, 11) is 0. The normalized spacial score (nSPS) is 9.93. The van der Waals surface area contributed by atoms with Crippen molar-refractivity contribution < 1.29 is 10.0 Å². The number of nitrogens with zero attached hydrogens (tertiary/aromatic N) is 1. The number of benzene rings is 1. The number of hydrogen-bond donors (Lipinski definition) is 2. The highest BCUT2D eigenvalue weighted by Gasteiger charge is 2.12. The van der Waals surface area contributed by atoms with Gasteiger partial charge in [-0.05, 0) is 25.1 Å². The molecule has 5 heteroatoms. The minimum atomic E-state index is -0.490. The van der Waals surface area contributed by atoms with Gasteiger partial charge in [0, 0.05) is 12.1 Å². The number of nitrogens with two attached hydrogens (primary N) is 1. The number of rotatable bonds is 2. The lowest BCUT2D eigenvalue weighted by Gasteiger charge is -2.12. The van der Waals surface area contributed by atoms with Gasteiger partial charge in [-0.15, -0.1) is 0 Å². The molecular formula is C9H11ClN2O2. The minimum absolute atomic E-state index is 0.224. The lowest BCUT2D eigenvalue weighted by atomic mass is 10.2. The summed E-state index contributed by atoms with van der Waals surface area (Å²) in [6, 6.07) is 4.47. The van der Waals surface area contributed by atoms with Crippen molar-refractivity contribution in [3.8, 4) is 0 Å². The fourth-order valence-electron chi connectivity index (χ4n) is 0.969. The van der Waals surface area contributed by atoms with Crippen LogP contribution >= 0.6 is 11.6 Å². The molecule has 1 aromatic carbocycles. The van der Waals surface area contributed by atoms with Gasteiger partial charge in [-0.25, -0.2) is 5.06 Å². The molecular weight excluding hydrogens is 204 g/mol. The van der Waals surface area contributed by atoms with Crippen LogP contribution in [0.15, 0.2) is 18.2 Å². The van der Waals surface area contributed by atoms with Crippen LogP contribution in [0.3, 0.4) is 0 Å². The van der Waals surface area contributed by atoms with E-state index in [0.717, 1.165) is 0 Å². The highest BCUT2D eigenvalue weighted by molar-refractivity contribution is 6.33. The molecule has 1 aromatic rings. The number of carbonyl (C=O) groups is 1. The minimum Gasteiger partial charge on any atom is -0.398 e. The van der Waals surface area contributed by atoms with E-state index >= 15 is 0 Å². The second-order valence-corrected chi connectivity index (χ2v) is 3.16. The van der Waals surface area contributed by atoms with Gasteiger partial charge < -0.3 is 5.73 Å². The van der Waals surface area contributed by atoms with Gasteiger partial charge in [-0.1, -0.05) is 11.6 Å². The lowest BCUT2D eigenvalue weighted by Crippen LogP contribution is -2.26. The van der Waals surface area contributed by atoms with Gasteiger partial charge in [-0.2, -0.15) is 0 Å². The van der Waals surface area contributed by atoms with Gasteiger partial charge in [0.25, 0.3) is 5.91 Å². The Balaban J connectivity index is 2.97. The van der Waals surface area contributed by atoms with Gasteiger partial charge in [0.05, 0.1) is 10.7 Å². The van der Waals surface area contributed by atoms with E-state index < -0.39 is 5.91 Å². The molecule has 0 spiro atoms. The van der Waals surface area contributed by atoms with Crippen LogP contribution in [-0.2, 0) is 0 Å². The molecule has 0 radical (unpaired) electrons. The predicted molar refractivity (Wildman–Crippen MR) is 54.4 cm³/mol. The first kappa shape index (κ1) is 10.8. The molecule has 0 unspecified atom stereocenters. The molecule has 0 aliphatic heterocycles. The number of anilines is 1. The number of amides is 1. The van der Waals surface area contributed by atoms with Gasteiger partial charge in [0.15, 0.2) is 0 Å². The zero-order valence-corrected chi connectivity index (χ0v) is 8.45. The lowest BCUT2D eigenvalue weighted by molar-refractivity contribution is -0.0541. The summed E-state index contributed by atoms with van der Waals surface area (Å²) in [6.45, 7) is 1.89. The van der Waals surface area contributed by atoms with Crippen molar-refractivity contribution in [2.45, 2.75) is 6.92 Å². The SMILES string of the molecule is CCN(O)C(=O)c1ccc(Cl)c(N)c1. The molecule has 0 bridgehead atoms. The average molecular weight is 215 g/mol. The average Bonchev–Trinajstić information content (AvgIpc) is 2.20. The Bertz CT molecular complexity index is 355. The summed E-state index contributed by atoms with van der Waals surface area (Å²) in [5, 5.41) is 10.2. The largest absolute Gasteiger partial charge is 0.398 e. The molecule has 1 rings (SSSR count). The second-order valence-electron chi connectivity index (χ2n) is 2.76. The number of nitrogen functional groups attached to an aromatic ring is 1. The van der Waals surface area contributed by atoms with Crippen molar-refractivity contribution in [3.63, 3.8) is 0 Å². The summed E-state index contributed by atoms with van der Waals surface area (Å²) in [4.78, 5) is 11.4. The Morgan fingerprint density at radius 1 is 1.64 bits per heavy atom. The number of halogens is 1. The van der Waals surface area contributed by atoms with Crippen LogP contribution in [0.5, 0.6) is 0 Å². The van der Waals surface area contributed by atoms with E-state index in [-0.39, 0.29) is 6.54 Å². The Labute approximate surface area is 86.8 Å². The Kier molecular flexibility index (Phi) is 3.33. The maximum atomic E-state index is 11.4. The first-order valence-electron chi connectivity index (χ1n) is 4.12. The summed E-state index contributed by atoms with van der Waals surface area (Å²) in [5.74, 6) is -0.490. The first-order valence-corrected chi connectivity index (χ1v) is 4.49. The topological polar surface area (TPSA) is 66.6 Å². The standard InChI is InChI=1S/C9H11ClN2O2/c1-2-12(14)9(13)6-3-4-7(10)8(11)5-6/h3-5,14H,2,11H2,1H3. The molecule has 0 atom stereocenters. The zero-order valence-electron chi connectivity index (χ0n) is 7.70. The maximum absolute atomic E-state index is 11.4. The van der Waals surface area contributed by atoms with Crippen molar-refractivity contribution in [2.24, 2.45) is 0 Å². The third-order valence-electron chi connectivity index (χ3n) is 1.78. The van der Waals surface area contributed by atoms with Crippen LogP contribution in [0.4, 0.5) is 5.69 Å². The quantitative estimate of drug-likeness (QED) is 0.448. The Morgan fingerprint density at radius 3 is 2.79 bits per heavy atom. The molecule has 76 valence electrons. The molecule has 0 saturated carbocycles. The van der Waals surface area contributed by atoms with Crippen LogP contribution in [-0.4, -0.2) is 22.7 Å². The summed E-state index contributed by atoms with van der Waals surface area (Å²) < 4.78 is 0. The summed E-state index contributed by atoms with van der Waals surface area (Å²) >= 11 is 5.69. The van der Waals surface area contributed by atoms with E-state index in [2.05, 4.69) is 0 Å². The molecule has 0 aliphatic rings. The zero-order chi connectivity index (χ0) is 10.7. The van der Waals surface area contributed by atoms with Crippen molar-refractivity contribution in [2.75, 3.05) is 12.3 Å². The molecule has 1 amide bonds. The van der Waals surface area contributed by atoms with Crippen molar-refractivity contribution >= 4 is 23.2 Å². The molecule has 0 fully saturated rings. The van der Waals surface area contributed by atoms with Gasteiger partial charge in [0.1, 0.15) is 0 Å². The molecule has 0 saturated heterocycles. The fraction of sp³-hybridized carbons (Fsp3) is 0.222. The summed E-state index contributed by atoms with van der Waals surface area (Å²) in [5.41, 5.74) is 6.15. The van der Waals surface area contributed by atoms with E-state index in [1.807, 2.05) is 0 Å². The third kappa shape index (κ3) is 2.16. The highest BCUT2D eigenvalue weighted by Crippen LogP contribution is 2.19. The third-order valence-corrected chi connectivity index (χ3v) is 2.12. The van der Waals surface area contributed by atoms with Crippen LogP contribution in [0, 0.1) is 0 Å². The van der Waals surface area contributed by atoms with Gasteiger partial charge >= 0.3 is 0 Å². The molecule has 4 nitrogen and oxygen atoms in total. The Morgan fingerprint density at radius 2 is 2.29 bits per heavy atom. The van der Waals surface area contributed by atoms with Crippen molar-refractivity contribution in [1.82, 2.24) is 5.06 Å². The van der Waals surface area contributed by atoms with Crippen LogP contribution in [0.1, 0.15) is 17.3 Å². The maximum Gasteiger partial charge on any atom is 0.277 e. The van der Waals surface area contributed by atoms with Crippen LogP contribution in [0.2, 0.25) is 5.02 Å². The van der Waals surface area contributed by atoms with E-state index in [1.54, 1.807) is 6.92 Å². The molecule has 0 aliphatic carbocycles. The van der Waals surface area contributed by atoms with E-state index in [9.17, 15) is 4.79 Å². The first-order chi connectivity index (χ1) is 6.56. The molecule has 3 N–H and O–H groups in total.